The topological polar surface area (TPSA) is 66.5 Å². The monoisotopic (exact) mass is 440 g/mol. The second kappa shape index (κ2) is 7.46. The van der Waals surface area contributed by atoms with Crippen LogP contribution in [0.1, 0.15) is 23.6 Å². The minimum Gasteiger partial charge on any atom is -0.312 e. The Morgan fingerprint density at radius 1 is 1.27 bits per heavy atom. The van der Waals surface area contributed by atoms with E-state index in [-0.39, 0.29) is 12.3 Å². The van der Waals surface area contributed by atoms with E-state index >= 15 is 0 Å². The molecule has 0 fully saturated rings. The first kappa shape index (κ1) is 19.0. The van der Waals surface area contributed by atoms with Crippen LogP contribution in [-0.2, 0) is 21.2 Å². The molecule has 1 N–H and O–H groups in total. The predicted molar refractivity (Wildman–Crippen MR) is 102 cm³/mol. The molecule has 2 aromatic rings. The maximum absolute atomic E-state index is 13.2. The molecule has 0 spiro atoms. The standard InChI is InChI=1S/C18H18BrFN2O3S/c1-26(24,25)21-16(12-2-5-15(20)6-3-12)11-18(23)22-9-8-13-10-14(19)4-7-17(13)22/h2-7,10,16,21H,8-9,11H2,1H3. The lowest BCUT2D eigenvalue weighted by Gasteiger charge is -2.22. The molecule has 1 unspecified atom stereocenters. The number of rotatable bonds is 5. The molecule has 138 valence electrons. The second-order valence-electron chi connectivity index (χ2n) is 6.27. The molecule has 1 atom stereocenters. The predicted octanol–water partition coefficient (Wildman–Crippen LogP) is 3.16. The molecule has 0 saturated heterocycles. The SMILES string of the molecule is CS(=O)(=O)NC(CC(=O)N1CCc2cc(Br)ccc21)c1ccc(F)cc1. The van der Waals surface area contributed by atoms with Crippen LogP contribution in [0.4, 0.5) is 10.1 Å². The summed E-state index contributed by atoms with van der Waals surface area (Å²) < 4.78 is 40.0. The molecule has 1 aliphatic rings. The van der Waals surface area contributed by atoms with Crippen molar-refractivity contribution in [3.63, 3.8) is 0 Å². The molecule has 5 nitrogen and oxygen atoms in total. The molecule has 0 radical (unpaired) electrons. The van der Waals surface area contributed by atoms with Crippen molar-refractivity contribution in [3.05, 3.63) is 63.9 Å². The van der Waals surface area contributed by atoms with E-state index in [9.17, 15) is 17.6 Å². The van der Waals surface area contributed by atoms with E-state index in [1.165, 1.54) is 24.3 Å². The van der Waals surface area contributed by atoms with Gasteiger partial charge in [0.25, 0.3) is 0 Å². The van der Waals surface area contributed by atoms with Gasteiger partial charge in [0.05, 0.1) is 12.3 Å². The van der Waals surface area contributed by atoms with Crippen LogP contribution < -0.4 is 9.62 Å². The number of carbonyl (C=O) groups excluding carboxylic acids is 1. The van der Waals surface area contributed by atoms with Gasteiger partial charge in [0, 0.05) is 23.1 Å². The van der Waals surface area contributed by atoms with E-state index in [2.05, 4.69) is 20.7 Å². The number of anilines is 1. The van der Waals surface area contributed by atoms with Crippen LogP contribution in [0.15, 0.2) is 46.9 Å². The van der Waals surface area contributed by atoms with Crippen molar-refractivity contribution in [2.75, 3.05) is 17.7 Å². The lowest BCUT2D eigenvalue weighted by molar-refractivity contribution is -0.118. The maximum Gasteiger partial charge on any atom is 0.228 e. The van der Waals surface area contributed by atoms with E-state index in [1.807, 2.05) is 18.2 Å². The highest BCUT2D eigenvalue weighted by Gasteiger charge is 2.28. The smallest absolute Gasteiger partial charge is 0.228 e. The molecule has 0 aromatic heterocycles. The fourth-order valence-electron chi connectivity index (χ4n) is 3.10. The minimum atomic E-state index is -3.54. The van der Waals surface area contributed by atoms with Gasteiger partial charge in [0.1, 0.15) is 5.82 Å². The Balaban J connectivity index is 1.83. The molecule has 1 heterocycles. The van der Waals surface area contributed by atoms with Gasteiger partial charge in [-0.1, -0.05) is 28.1 Å². The van der Waals surface area contributed by atoms with Crippen LogP contribution in [0, 0.1) is 5.82 Å². The first-order valence-electron chi connectivity index (χ1n) is 8.04. The molecule has 1 amide bonds. The van der Waals surface area contributed by atoms with Crippen LogP contribution >= 0.6 is 15.9 Å². The highest BCUT2D eigenvalue weighted by molar-refractivity contribution is 9.10. The number of fused-ring (bicyclic) bond motifs is 1. The summed E-state index contributed by atoms with van der Waals surface area (Å²) >= 11 is 3.42. The van der Waals surface area contributed by atoms with Gasteiger partial charge in [0.15, 0.2) is 0 Å². The third kappa shape index (κ3) is 4.49. The Kier molecular flexibility index (Phi) is 5.45. The maximum atomic E-state index is 13.2. The Morgan fingerprint density at radius 2 is 1.96 bits per heavy atom. The molecule has 8 heteroatoms. The molecular formula is C18H18BrFN2O3S. The number of hydrogen-bond donors (Lipinski definition) is 1. The van der Waals surface area contributed by atoms with E-state index in [0.717, 1.165) is 28.4 Å². The average molecular weight is 441 g/mol. The third-order valence-electron chi connectivity index (χ3n) is 4.25. The van der Waals surface area contributed by atoms with E-state index in [0.29, 0.717) is 12.1 Å². The van der Waals surface area contributed by atoms with Gasteiger partial charge >= 0.3 is 0 Å². The number of benzene rings is 2. The fourth-order valence-corrected chi connectivity index (χ4v) is 4.24. The van der Waals surface area contributed by atoms with Crippen molar-refractivity contribution in [2.45, 2.75) is 18.9 Å². The van der Waals surface area contributed by atoms with E-state index in [1.54, 1.807) is 4.90 Å². The van der Waals surface area contributed by atoms with Gasteiger partial charge in [0.2, 0.25) is 15.9 Å². The van der Waals surface area contributed by atoms with Crippen LogP contribution in [0.2, 0.25) is 0 Å². The number of nitrogens with zero attached hydrogens (tertiary/aromatic N) is 1. The van der Waals surface area contributed by atoms with Gasteiger partial charge in [-0.05, 0) is 47.9 Å². The average Bonchev–Trinajstić information content (AvgIpc) is 2.96. The zero-order valence-corrected chi connectivity index (χ0v) is 16.5. The summed E-state index contributed by atoms with van der Waals surface area (Å²) in [5.41, 5.74) is 2.46. The van der Waals surface area contributed by atoms with Gasteiger partial charge in [-0.3, -0.25) is 4.79 Å². The quantitative estimate of drug-likeness (QED) is 0.776. The fraction of sp³-hybridized carbons (Fsp3) is 0.278. The highest BCUT2D eigenvalue weighted by Crippen LogP contribution is 2.32. The van der Waals surface area contributed by atoms with Crippen molar-refractivity contribution < 1.29 is 17.6 Å². The number of hydrogen-bond acceptors (Lipinski definition) is 3. The molecule has 0 bridgehead atoms. The number of carbonyl (C=O) groups is 1. The van der Waals surface area contributed by atoms with Gasteiger partial charge < -0.3 is 4.90 Å². The Hall–Kier alpha value is -1.77. The second-order valence-corrected chi connectivity index (χ2v) is 8.96. The molecule has 0 aliphatic carbocycles. The van der Waals surface area contributed by atoms with Gasteiger partial charge in [-0.25, -0.2) is 17.5 Å². The van der Waals surface area contributed by atoms with Crippen molar-refractivity contribution in [1.82, 2.24) is 4.72 Å². The Labute approximate surface area is 160 Å². The van der Waals surface area contributed by atoms with Crippen molar-refractivity contribution in [1.29, 1.82) is 0 Å². The van der Waals surface area contributed by atoms with Gasteiger partial charge in [-0.2, -0.15) is 0 Å². The lowest BCUT2D eigenvalue weighted by Crippen LogP contribution is -2.35. The van der Waals surface area contributed by atoms with E-state index < -0.39 is 21.9 Å². The summed E-state index contributed by atoms with van der Waals surface area (Å²) in [7, 11) is -3.54. The van der Waals surface area contributed by atoms with Crippen LogP contribution in [-0.4, -0.2) is 27.1 Å². The highest BCUT2D eigenvalue weighted by atomic mass is 79.9. The Morgan fingerprint density at radius 3 is 2.62 bits per heavy atom. The number of halogens is 2. The first-order chi connectivity index (χ1) is 12.2. The number of sulfonamides is 1. The zero-order chi connectivity index (χ0) is 18.9. The van der Waals surface area contributed by atoms with Crippen LogP contribution in [0.5, 0.6) is 0 Å². The molecule has 26 heavy (non-hydrogen) atoms. The molecule has 3 rings (SSSR count). The zero-order valence-electron chi connectivity index (χ0n) is 14.1. The summed E-state index contributed by atoms with van der Waals surface area (Å²) in [6.45, 7) is 0.555. The molecule has 0 saturated carbocycles. The molecular weight excluding hydrogens is 423 g/mol. The van der Waals surface area contributed by atoms with Gasteiger partial charge in [-0.15, -0.1) is 0 Å². The van der Waals surface area contributed by atoms with Crippen molar-refractivity contribution in [2.24, 2.45) is 0 Å². The van der Waals surface area contributed by atoms with Crippen molar-refractivity contribution in [3.8, 4) is 0 Å². The molecule has 2 aromatic carbocycles. The third-order valence-corrected chi connectivity index (χ3v) is 5.45. The van der Waals surface area contributed by atoms with Crippen LogP contribution in [0.3, 0.4) is 0 Å². The van der Waals surface area contributed by atoms with Crippen LogP contribution in [0.25, 0.3) is 0 Å². The summed E-state index contributed by atoms with van der Waals surface area (Å²) in [5.74, 6) is -0.603. The first-order valence-corrected chi connectivity index (χ1v) is 10.7. The van der Waals surface area contributed by atoms with E-state index in [4.69, 9.17) is 0 Å². The summed E-state index contributed by atoms with van der Waals surface area (Å²) in [6, 6.07) is 10.4. The lowest BCUT2D eigenvalue weighted by atomic mass is 10.0. The summed E-state index contributed by atoms with van der Waals surface area (Å²) in [4.78, 5) is 14.5. The number of amides is 1. The van der Waals surface area contributed by atoms with Crippen molar-refractivity contribution >= 4 is 37.5 Å². The minimum absolute atomic E-state index is 0.0474. The largest absolute Gasteiger partial charge is 0.312 e. The normalized spacial score (nSPS) is 15.0. The summed E-state index contributed by atoms with van der Waals surface area (Å²) in [5, 5.41) is 0. The Bertz CT molecular complexity index is 932. The summed E-state index contributed by atoms with van der Waals surface area (Å²) in [6.07, 6.45) is 1.74. The molecule has 1 aliphatic heterocycles. The number of nitrogens with one attached hydrogen (secondary N) is 1.